The first kappa shape index (κ1) is 14.9. The van der Waals surface area contributed by atoms with E-state index >= 15 is 0 Å². The van der Waals surface area contributed by atoms with Gasteiger partial charge in [0, 0.05) is 16.8 Å². The fourth-order valence-electron chi connectivity index (χ4n) is 2.99. The van der Waals surface area contributed by atoms with Crippen LogP contribution < -0.4 is 5.69 Å². The van der Waals surface area contributed by atoms with E-state index in [1.807, 2.05) is 36.4 Å². The van der Waals surface area contributed by atoms with E-state index in [1.165, 1.54) is 0 Å². The van der Waals surface area contributed by atoms with Crippen molar-refractivity contribution in [1.82, 2.24) is 19.2 Å². The zero-order valence-electron chi connectivity index (χ0n) is 13.1. The summed E-state index contributed by atoms with van der Waals surface area (Å²) in [4.78, 5) is 13.2. The van der Waals surface area contributed by atoms with E-state index in [0.29, 0.717) is 22.9 Å². The van der Waals surface area contributed by atoms with Crippen LogP contribution >= 0.6 is 11.6 Å². The monoisotopic (exact) mass is 338 g/mol. The first-order valence-corrected chi connectivity index (χ1v) is 8.22. The van der Waals surface area contributed by atoms with Crippen molar-refractivity contribution in [3.63, 3.8) is 0 Å². The van der Waals surface area contributed by atoms with Crippen molar-refractivity contribution in [2.24, 2.45) is 0 Å². The Morgan fingerprint density at radius 3 is 2.62 bits per heavy atom. The number of hydrogen-bond donors (Lipinski definition) is 0. The molecule has 4 aromatic rings. The zero-order chi connectivity index (χ0) is 16.7. The Morgan fingerprint density at radius 1 is 1.08 bits per heavy atom. The molecule has 0 N–H and O–H groups in total. The number of hydrogen-bond acceptors (Lipinski definition) is 3. The SMILES string of the molecule is CCCc1nnc2c3ccc(Cl)cc3n(-c3ccccc3)c(=O)n12. The predicted octanol–water partition coefficient (Wildman–Crippen LogP) is 3.64. The van der Waals surface area contributed by atoms with Crippen molar-refractivity contribution >= 4 is 28.2 Å². The number of aryl methyl sites for hydroxylation is 1. The van der Waals surface area contributed by atoms with Gasteiger partial charge >= 0.3 is 5.69 Å². The van der Waals surface area contributed by atoms with E-state index in [4.69, 9.17) is 11.6 Å². The summed E-state index contributed by atoms with van der Waals surface area (Å²) in [5.74, 6) is 0.680. The van der Waals surface area contributed by atoms with Gasteiger partial charge in [-0.1, -0.05) is 36.7 Å². The third kappa shape index (κ3) is 2.20. The largest absolute Gasteiger partial charge is 0.340 e. The molecule has 0 fully saturated rings. The Balaban J connectivity index is 2.22. The average molecular weight is 339 g/mol. The molecule has 0 spiro atoms. The second-order valence-corrected chi connectivity index (χ2v) is 6.08. The van der Waals surface area contributed by atoms with Crippen LogP contribution in [0.5, 0.6) is 0 Å². The van der Waals surface area contributed by atoms with E-state index in [2.05, 4.69) is 17.1 Å². The molecule has 0 radical (unpaired) electrons. The van der Waals surface area contributed by atoms with Gasteiger partial charge in [-0.05, 0) is 36.8 Å². The highest BCUT2D eigenvalue weighted by atomic mass is 35.5. The van der Waals surface area contributed by atoms with Gasteiger partial charge in [0.1, 0.15) is 5.82 Å². The Kier molecular flexibility index (Phi) is 3.58. The number of fused-ring (bicyclic) bond motifs is 3. The summed E-state index contributed by atoms with van der Waals surface area (Å²) in [7, 11) is 0. The standard InChI is InChI=1S/C18H15ClN4O/c1-2-6-16-20-21-17-14-10-9-12(19)11-15(14)22(18(24)23(16)17)13-7-4-3-5-8-13/h3-5,7-11H,2,6H2,1H3. The molecule has 0 saturated carbocycles. The van der Waals surface area contributed by atoms with Crippen LogP contribution in [-0.4, -0.2) is 19.2 Å². The van der Waals surface area contributed by atoms with Crippen LogP contribution in [0.25, 0.3) is 22.2 Å². The van der Waals surface area contributed by atoms with Gasteiger partial charge in [0.15, 0.2) is 5.65 Å². The summed E-state index contributed by atoms with van der Waals surface area (Å²) in [6, 6.07) is 15.0. The maximum Gasteiger partial charge on any atom is 0.340 e. The van der Waals surface area contributed by atoms with Gasteiger partial charge in [-0.15, -0.1) is 10.2 Å². The van der Waals surface area contributed by atoms with Crippen molar-refractivity contribution in [1.29, 1.82) is 0 Å². The van der Waals surface area contributed by atoms with E-state index in [1.54, 1.807) is 21.1 Å². The van der Waals surface area contributed by atoms with Crippen molar-refractivity contribution in [2.45, 2.75) is 19.8 Å². The fraction of sp³-hybridized carbons (Fsp3) is 0.167. The molecule has 24 heavy (non-hydrogen) atoms. The molecular formula is C18H15ClN4O. The lowest BCUT2D eigenvalue weighted by Gasteiger charge is -2.12. The molecule has 2 aromatic heterocycles. The minimum Gasteiger partial charge on any atom is -0.261 e. The zero-order valence-corrected chi connectivity index (χ0v) is 13.9. The minimum absolute atomic E-state index is 0.181. The van der Waals surface area contributed by atoms with Gasteiger partial charge in [0.05, 0.1) is 11.2 Å². The summed E-state index contributed by atoms with van der Waals surface area (Å²) in [5.41, 5.74) is 1.90. The number of rotatable bonds is 3. The Labute approximate surface area is 143 Å². The summed E-state index contributed by atoms with van der Waals surface area (Å²) < 4.78 is 3.27. The highest BCUT2D eigenvalue weighted by Crippen LogP contribution is 2.24. The summed E-state index contributed by atoms with van der Waals surface area (Å²) in [5, 5.41) is 9.89. The third-order valence-electron chi connectivity index (χ3n) is 4.04. The fourth-order valence-corrected chi connectivity index (χ4v) is 3.15. The molecule has 2 heterocycles. The Bertz CT molecular complexity index is 1100. The second-order valence-electron chi connectivity index (χ2n) is 5.64. The summed E-state index contributed by atoms with van der Waals surface area (Å²) >= 11 is 6.18. The highest BCUT2D eigenvalue weighted by Gasteiger charge is 2.17. The molecule has 0 bridgehead atoms. The number of aromatic nitrogens is 4. The summed E-state index contributed by atoms with van der Waals surface area (Å²) in [6.07, 6.45) is 1.59. The average Bonchev–Trinajstić information content (AvgIpc) is 3.00. The number of benzene rings is 2. The molecule has 0 atom stereocenters. The number of para-hydroxylation sites is 1. The van der Waals surface area contributed by atoms with Gasteiger partial charge in [-0.25, -0.2) is 9.20 Å². The molecule has 0 aliphatic heterocycles. The first-order chi connectivity index (χ1) is 11.7. The quantitative estimate of drug-likeness (QED) is 0.573. The lowest BCUT2D eigenvalue weighted by Crippen LogP contribution is -2.27. The Morgan fingerprint density at radius 2 is 1.88 bits per heavy atom. The maximum absolute atomic E-state index is 13.2. The molecule has 0 amide bonds. The molecule has 0 aliphatic carbocycles. The van der Waals surface area contributed by atoms with Crippen molar-refractivity contribution in [2.75, 3.05) is 0 Å². The lowest BCUT2D eigenvalue weighted by molar-refractivity contribution is 0.786. The van der Waals surface area contributed by atoms with E-state index < -0.39 is 0 Å². The van der Waals surface area contributed by atoms with Crippen LogP contribution in [0.4, 0.5) is 0 Å². The van der Waals surface area contributed by atoms with Crippen molar-refractivity contribution in [3.8, 4) is 5.69 Å². The smallest absolute Gasteiger partial charge is 0.261 e. The number of nitrogens with zero attached hydrogens (tertiary/aromatic N) is 4. The van der Waals surface area contributed by atoms with Gasteiger partial charge < -0.3 is 0 Å². The molecule has 4 rings (SSSR count). The van der Waals surface area contributed by atoms with E-state index in [0.717, 1.165) is 23.0 Å². The maximum atomic E-state index is 13.2. The van der Waals surface area contributed by atoms with Crippen LogP contribution in [0.15, 0.2) is 53.3 Å². The molecule has 0 aliphatic rings. The van der Waals surface area contributed by atoms with E-state index in [9.17, 15) is 4.79 Å². The highest BCUT2D eigenvalue weighted by molar-refractivity contribution is 6.31. The van der Waals surface area contributed by atoms with Gasteiger partial charge in [0.2, 0.25) is 0 Å². The summed E-state index contributed by atoms with van der Waals surface area (Å²) in [6.45, 7) is 2.05. The van der Waals surface area contributed by atoms with Crippen LogP contribution in [0.3, 0.4) is 0 Å². The molecule has 6 heteroatoms. The molecule has 5 nitrogen and oxygen atoms in total. The topological polar surface area (TPSA) is 52.2 Å². The number of halogens is 1. The van der Waals surface area contributed by atoms with Gasteiger partial charge in [-0.2, -0.15) is 0 Å². The molecular weight excluding hydrogens is 324 g/mol. The molecule has 0 unspecified atom stereocenters. The minimum atomic E-state index is -0.181. The first-order valence-electron chi connectivity index (χ1n) is 7.84. The van der Waals surface area contributed by atoms with Crippen LogP contribution in [-0.2, 0) is 6.42 Å². The van der Waals surface area contributed by atoms with E-state index in [-0.39, 0.29) is 5.69 Å². The van der Waals surface area contributed by atoms with Gasteiger partial charge in [-0.3, -0.25) is 4.57 Å². The normalized spacial score (nSPS) is 11.4. The Hall–Kier alpha value is -2.66. The van der Waals surface area contributed by atoms with Crippen molar-refractivity contribution in [3.05, 3.63) is 69.9 Å². The van der Waals surface area contributed by atoms with Crippen LogP contribution in [0, 0.1) is 0 Å². The van der Waals surface area contributed by atoms with Crippen molar-refractivity contribution < 1.29 is 0 Å². The molecule has 120 valence electrons. The predicted molar refractivity (Wildman–Crippen MR) is 95.1 cm³/mol. The van der Waals surface area contributed by atoms with Crippen LogP contribution in [0.1, 0.15) is 19.2 Å². The molecule has 0 saturated heterocycles. The lowest BCUT2D eigenvalue weighted by atomic mass is 10.2. The second kappa shape index (κ2) is 5.76. The van der Waals surface area contributed by atoms with Gasteiger partial charge in [0.25, 0.3) is 0 Å². The van der Waals surface area contributed by atoms with Crippen LogP contribution in [0.2, 0.25) is 5.02 Å². The third-order valence-corrected chi connectivity index (χ3v) is 4.28. The molecule has 2 aromatic carbocycles.